The minimum Gasteiger partial charge on any atom is -0.384 e. The molecule has 2 aromatic rings. The molecule has 2 N–H and O–H groups in total. The van der Waals surface area contributed by atoms with E-state index >= 15 is 0 Å². The van der Waals surface area contributed by atoms with Gasteiger partial charge in [0, 0.05) is 21.2 Å². The van der Waals surface area contributed by atoms with Gasteiger partial charge in [0.1, 0.15) is 11.5 Å². The lowest BCUT2D eigenvalue weighted by molar-refractivity contribution is 0.112. The molecular formula is C12H8Cl2N2O. The zero-order valence-electron chi connectivity index (χ0n) is 8.65. The SMILES string of the molecule is Nc1ccc(-c2c(Cl)cccc2Cl)c(C=O)n1. The van der Waals surface area contributed by atoms with E-state index in [9.17, 15) is 4.79 Å². The van der Waals surface area contributed by atoms with Crippen LogP contribution in [0.15, 0.2) is 30.3 Å². The lowest BCUT2D eigenvalue weighted by Crippen LogP contribution is -1.98. The van der Waals surface area contributed by atoms with E-state index in [1.54, 1.807) is 30.3 Å². The molecule has 0 fully saturated rings. The van der Waals surface area contributed by atoms with Crippen LogP contribution in [0.3, 0.4) is 0 Å². The summed E-state index contributed by atoms with van der Waals surface area (Å²) in [4.78, 5) is 14.9. The number of benzene rings is 1. The Hall–Kier alpha value is -1.58. The Bertz CT molecular complexity index is 564. The van der Waals surface area contributed by atoms with E-state index in [0.717, 1.165) is 0 Å². The molecule has 0 radical (unpaired) electrons. The smallest absolute Gasteiger partial charge is 0.169 e. The van der Waals surface area contributed by atoms with Crippen LogP contribution in [-0.2, 0) is 0 Å². The van der Waals surface area contributed by atoms with Crippen LogP contribution in [0.25, 0.3) is 11.1 Å². The quantitative estimate of drug-likeness (QED) is 0.848. The van der Waals surface area contributed by atoms with E-state index in [0.29, 0.717) is 27.5 Å². The molecule has 1 aromatic heterocycles. The maximum absolute atomic E-state index is 11.0. The standard InChI is InChI=1S/C12H8Cl2N2O/c13-8-2-1-3-9(14)12(8)7-4-5-11(15)16-10(7)6-17/h1-6H,(H2,15,16). The number of aromatic nitrogens is 1. The Morgan fingerprint density at radius 3 is 2.35 bits per heavy atom. The summed E-state index contributed by atoms with van der Waals surface area (Å²) >= 11 is 12.1. The van der Waals surface area contributed by atoms with Crippen molar-refractivity contribution in [2.75, 3.05) is 5.73 Å². The van der Waals surface area contributed by atoms with Crippen LogP contribution in [0.5, 0.6) is 0 Å². The number of nitrogen functional groups attached to an aromatic ring is 1. The van der Waals surface area contributed by atoms with Crippen molar-refractivity contribution in [2.45, 2.75) is 0 Å². The number of anilines is 1. The van der Waals surface area contributed by atoms with Crippen molar-refractivity contribution in [3.63, 3.8) is 0 Å². The summed E-state index contributed by atoms with van der Waals surface area (Å²) in [6.45, 7) is 0. The number of hydrogen-bond donors (Lipinski definition) is 1. The second kappa shape index (κ2) is 4.73. The fraction of sp³-hybridized carbons (Fsp3) is 0. The van der Waals surface area contributed by atoms with E-state index < -0.39 is 0 Å². The third-order valence-corrected chi connectivity index (χ3v) is 2.92. The maximum Gasteiger partial charge on any atom is 0.169 e. The summed E-state index contributed by atoms with van der Waals surface area (Å²) < 4.78 is 0. The van der Waals surface area contributed by atoms with Crippen LogP contribution in [0.1, 0.15) is 10.5 Å². The van der Waals surface area contributed by atoms with Gasteiger partial charge in [-0.25, -0.2) is 4.98 Å². The molecule has 1 heterocycles. The zero-order valence-corrected chi connectivity index (χ0v) is 10.2. The highest BCUT2D eigenvalue weighted by Gasteiger charge is 2.13. The number of carbonyl (C=O) groups is 1. The fourth-order valence-electron chi connectivity index (χ4n) is 1.55. The molecule has 3 nitrogen and oxygen atoms in total. The van der Waals surface area contributed by atoms with Crippen LogP contribution in [-0.4, -0.2) is 11.3 Å². The topological polar surface area (TPSA) is 56.0 Å². The Morgan fingerprint density at radius 1 is 1.12 bits per heavy atom. The van der Waals surface area contributed by atoms with Crippen molar-refractivity contribution in [3.8, 4) is 11.1 Å². The van der Waals surface area contributed by atoms with Gasteiger partial charge in [0.15, 0.2) is 6.29 Å². The number of pyridine rings is 1. The first-order chi connectivity index (χ1) is 8.13. The molecule has 0 atom stereocenters. The van der Waals surface area contributed by atoms with Gasteiger partial charge >= 0.3 is 0 Å². The van der Waals surface area contributed by atoms with Crippen molar-refractivity contribution in [3.05, 3.63) is 46.1 Å². The van der Waals surface area contributed by atoms with Crippen LogP contribution >= 0.6 is 23.2 Å². The Kier molecular flexibility index (Phi) is 3.31. The molecule has 0 bridgehead atoms. The van der Waals surface area contributed by atoms with E-state index in [2.05, 4.69) is 4.98 Å². The number of nitrogens with two attached hydrogens (primary N) is 1. The third kappa shape index (κ3) is 2.25. The Balaban J connectivity index is 2.72. The molecule has 2 rings (SSSR count). The monoisotopic (exact) mass is 266 g/mol. The molecular weight excluding hydrogens is 259 g/mol. The van der Waals surface area contributed by atoms with Gasteiger partial charge in [-0.2, -0.15) is 0 Å². The first kappa shape index (κ1) is 11.9. The fourth-order valence-corrected chi connectivity index (χ4v) is 2.15. The second-order valence-corrected chi connectivity index (χ2v) is 4.20. The summed E-state index contributed by atoms with van der Waals surface area (Å²) in [5.74, 6) is 0.277. The molecule has 0 amide bonds. The highest BCUT2D eigenvalue weighted by Crippen LogP contribution is 2.35. The summed E-state index contributed by atoms with van der Waals surface area (Å²) in [6, 6.07) is 8.42. The molecule has 1 aromatic carbocycles. The normalized spacial score (nSPS) is 10.2. The van der Waals surface area contributed by atoms with E-state index in [-0.39, 0.29) is 11.5 Å². The highest BCUT2D eigenvalue weighted by atomic mass is 35.5. The largest absolute Gasteiger partial charge is 0.384 e. The third-order valence-electron chi connectivity index (χ3n) is 2.29. The lowest BCUT2D eigenvalue weighted by atomic mass is 10.0. The second-order valence-electron chi connectivity index (χ2n) is 3.38. The van der Waals surface area contributed by atoms with Gasteiger partial charge in [0.2, 0.25) is 0 Å². The van der Waals surface area contributed by atoms with Crippen LogP contribution in [0, 0.1) is 0 Å². The molecule has 86 valence electrons. The average Bonchev–Trinajstić information content (AvgIpc) is 2.30. The van der Waals surface area contributed by atoms with Crippen LogP contribution in [0.2, 0.25) is 10.0 Å². The minimum atomic E-state index is 0.222. The summed E-state index contributed by atoms with van der Waals surface area (Å²) in [5.41, 5.74) is 6.91. The van der Waals surface area contributed by atoms with Gasteiger partial charge in [-0.3, -0.25) is 4.79 Å². The summed E-state index contributed by atoms with van der Waals surface area (Å²) in [6.07, 6.45) is 0.630. The van der Waals surface area contributed by atoms with Gasteiger partial charge < -0.3 is 5.73 Å². The maximum atomic E-state index is 11.0. The molecule has 0 spiro atoms. The first-order valence-corrected chi connectivity index (χ1v) is 5.55. The number of carbonyl (C=O) groups excluding carboxylic acids is 1. The summed E-state index contributed by atoms with van der Waals surface area (Å²) in [7, 11) is 0. The van der Waals surface area contributed by atoms with Crippen molar-refractivity contribution in [1.29, 1.82) is 0 Å². The van der Waals surface area contributed by atoms with Gasteiger partial charge in [-0.05, 0) is 24.3 Å². The van der Waals surface area contributed by atoms with Crippen molar-refractivity contribution in [1.82, 2.24) is 4.98 Å². The van der Waals surface area contributed by atoms with Crippen molar-refractivity contribution in [2.24, 2.45) is 0 Å². The highest BCUT2D eigenvalue weighted by molar-refractivity contribution is 6.39. The number of nitrogens with zero attached hydrogens (tertiary/aromatic N) is 1. The predicted molar refractivity (Wildman–Crippen MR) is 69.5 cm³/mol. The number of aldehydes is 1. The molecule has 5 heteroatoms. The molecule has 0 aliphatic carbocycles. The number of hydrogen-bond acceptors (Lipinski definition) is 3. The van der Waals surface area contributed by atoms with Crippen LogP contribution in [0.4, 0.5) is 5.82 Å². The molecule has 0 aliphatic heterocycles. The number of rotatable bonds is 2. The predicted octanol–water partition coefficient (Wildman–Crippen LogP) is 3.45. The van der Waals surface area contributed by atoms with Crippen molar-refractivity contribution >= 4 is 35.3 Å². The molecule has 0 saturated heterocycles. The van der Waals surface area contributed by atoms with Gasteiger partial charge in [-0.1, -0.05) is 29.3 Å². The molecule has 17 heavy (non-hydrogen) atoms. The zero-order chi connectivity index (χ0) is 12.4. The number of halogens is 2. The molecule has 0 saturated carbocycles. The van der Waals surface area contributed by atoms with Gasteiger partial charge in [-0.15, -0.1) is 0 Å². The van der Waals surface area contributed by atoms with Gasteiger partial charge in [0.05, 0.1) is 0 Å². The Morgan fingerprint density at radius 2 is 1.76 bits per heavy atom. The van der Waals surface area contributed by atoms with E-state index in [4.69, 9.17) is 28.9 Å². The Labute approximate surface area is 108 Å². The van der Waals surface area contributed by atoms with E-state index in [1.165, 1.54) is 0 Å². The van der Waals surface area contributed by atoms with E-state index in [1.807, 2.05) is 0 Å². The molecule has 0 aliphatic rings. The minimum absolute atomic E-state index is 0.222. The lowest BCUT2D eigenvalue weighted by Gasteiger charge is -2.09. The average molecular weight is 267 g/mol. The molecule has 0 unspecified atom stereocenters. The summed E-state index contributed by atoms with van der Waals surface area (Å²) in [5, 5.41) is 0.930. The van der Waals surface area contributed by atoms with Gasteiger partial charge in [0.25, 0.3) is 0 Å². The first-order valence-electron chi connectivity index (χ1n) is 4.79. The van der Waals surface area contributed by atoms with Crippen molar-refractivity contribution < 1.29 is 4.79 Å². The van der Waals surface area contributed by atoms with Crippen LogP contribution < -0.4 is 5.73 Å².